The fraction of sp³-hybridized carbons (Fsp3) is 0.450. The Morgan fingerprint density at radius 3 is 2.84 bits per heavy atom. The van der Waals surface area contributed by atoms with Crippen LogP contribution in [0.1, 0.15) is 24.8 Å². The lowest BCUT2D eigenvalue weighted by atomic mass is 10.2. The second-order valence-electron chi connectivity index (χ2n) is 7.03. The van der Waals surface area contributed by atoms with Crippen LogP contribution < -0.4 is 15.4 Å². The Balaban J connectivity index is 1.38. The smallest absolute Gasteiger partial charge is 0.171 e. The summed E-state index contributed by atoms with van der Waals surface area (Å²) in [6, 6.07) is 12.2. The van der Waals surface area contributed by atoms with Gasteiger partial charge in [0.05, 0.1) is 0 Å². The maximum Gasteiger partial charge on any atom is 0.171 e. The van der Waals surface area contributed by atoms with E-state index in [1.807, 2.05) is 24.4 Å². The second kappa shape index (κ2) is 7.31. The highest BCUT2D eigenvalue weighted by atomic mass is 16.5. The Hall–Kier alpha value is -2.27. The topological polar surface area (TPSA) is 54.6 Å². The lowest BCUT2D eigenvalue weighted by Crippen LogP contribution is -2.26. The monoisotopic (exact) mass is 338 g/mol. The van der Waals surface area contributed by atoms with Crippen LogP contribution in [0.4, 0.5) is 11.5 Å². The standard InChI is InChI=1S/C20H26N4O/c21-17-6-3-5-16(13-17)14-23-12-8-18(15-23)25-19-7-4-9-22-20(19)24-10-1-2-11-24/h3-7,9,13,18H,1-2,8,10-12,14-15,21H2. The van der Waals surface area contributed by atoms with Crippen molar-refractivity contribution in [1.29, 1.82) is 0 Å². The highest BCUT2D eigenvalue weighted by Gasteiger charge is 2.26. The van der Waals surface area contributed by atoms with E-state index >= 15 is 0 Å². The summed E-state index contributed by atoms with van der Waals surface area (Å²) >= 11 is 0. The molecule has 2 aromatic rings. The molecule has 1 aromatic heterocycles. The van der Waals surface area contributed by atoms with E-state index in [-0.39, 0.29) is 6.10 Å². The van der Waals surface area contributed by atoms with Gasteiger partial charge in [0, 0.05) is 44.6 Å². The van der Waals surface area contributed by atoms with Gasteiger partial charge in [-0.2, -0.15) is 0 Å². The lowest BCUT2D eigenvalue weighted by molar-refractivity contribution is 0.198. The number of nitrogens with zero attached hydrogens (tertiary/aromatic N) is 3. The van der Waals surface area contributed by atoms with Crippen molar-refractivity contribution in [2.45, 2.75) is 31.9 Å². The first-order valence-electron chi connectivity index (χ1n) is 9.21. The van der Waals surface area contributed by atoms with Gasteiger partial charge in [0.15, 0.2) is 11.6 Å². The Morgan fingerprint density at radius 2 is 2.00 bits per heavy atom. The molecule has 1 unspecified atom stereocenters. The largest absolute Gasteiger partial charge is 0.485 e. The zero-order valence-electron chi connectivity index (χ0n) is 14.6. The Labute approximate surface area is 149 Å². The van der Waals surface area contributed by atoms with E-state index in [4.69, 9.17) is 10.5 Å². The molecule has 2 aliphatic rings. The van der Waals surface area contributed by atoms with Crippen LogP contribution in [0.5, 0.6) is 5.75 Å². The van der Waals surface area contributed by atoms with Gasteiger partial charge in [0.1, 0.15) is 6.10 Å². The molecule has 0 aliphatic carbocycles. The van der Waals surface area contributed by atoms with E-state index < -0.39 is 0 Å². The average molecular weight is 338 g/mol. The molecular formula is C20H26N4O. The van der Waals surface area contributed by atoms with Crippen LogP contribution in [-0.4, -0.2) is 42.2 Å². The molecule has 1 atom stereocenters. The minimum absolute atomic E-state index is 0.228. The molecule has 1 aromatic carbocycles. The Morgan fingerprint density at radius 1 is 1.12 bits per heavy atom. The van der Waals surface area contributed by atoms with Crippen LogP contribution in [0, 0.1) is 0 Å². The fourth-order valence-corrected chi connectivity index (χ4v) is 3.81. The second-order valence-corrected chi connectivity index (χ2v) is 7.03. The quantitative estimate of drug-likeness (QED) is 0.850. The van der Waals surface area contributed by atoms with Crippen LogP contribution in [0.25, 0.3) is 0 Å². The summed E-state index contributed by atoms with van der Waals surface area (Å²) < 4.78 is 6.34. The fourth-order valence-electron chi connectivity index (χ4n) is 3.81. The maximum absolute atomic E-state index is 6.34. The van der Waals surface area contributed by atoms with E-state index in [0.29, 0.717) is 0 Å². The number of ether oxygens (including phenoxy) is 1. The average Bonchev–Trinajstić information content (AvgIpc) is 3.28. The minimum Gasteiger partial charge on any atom is -0.485 e. The highest BCUT2D eigenvalue weighted by molar-refractivity contribution is 5.52. The number of likely N-dealkylation sites (tertiary alicyclic amines) is 1. The van der Waals surface area contributed by atoms with Gasteiger partial charge in [-0.1, -0.05) is 12.1 Å². The van der Waals surface area contributed by atoms with Gasteiger partial charge < -0.3 is 15.4 Å². The van der Waals surface area contributed by atoms with E-state index in [0.717, 1.165) is 56.4 Å². The van der Waals surface area contributed by atoms with Crippen LogP contribution in [0.2, 0.25) is 0 Å². The number of aromatic nitrogens is 1. The van der Waals surface area contributed by atoms with Gasteiger partial charge in [-0.15, -0.1) is 0 Å². The van der Waals surface area contributed by atoms with Crippen molar-refractivity contribution in [3.05, 3.63) is 48.2 Å². The minimum atomic E-state index is 0.228. The maximum atomic E-state index is 6.34. The summed E-state index contributed by atoms with van der Waals surface area (Å²) in [4.78, 5) is 9.35. The molecule has 25 heavy (non-hydrogen) atoms. The van der Waals surface area contributed by atoms with Gasteiger partial charge in [-0.05, 0) is 49.1 Å². The lowest BCUT2D eigenvalue weighted by Gasteiger charge is -2.22. The first kappa shape index (κ1) is 16.2. The van der Waals surface area contributed by atoms with Gasteiger partial charge in [-0.25, -0.2) is 4.98 Å². The number of rotatable bonds is 5. The van der Waals surface area contributed by atoms with Crippen LogP contribution >= 0.6 is 0 Å². The summed E-state index contributed by atoms with van der Waals surface area (Å²) in [5.74, 6) is 1.94. The molecule has 4 rings (SSSR count). The number of anilines is 2. The molecule has 2 aliphatic heterocycles. The van der Waals surface area contributed by atoms with Gasteiger partial charge in [0.2, 0.25) is 0 Å². The first-order chi connectivity index (χ1) is 12.3. The van der Waals surface area contributed by atoms with E-state index in [1.165, 1.54) is 18.4 Å². The number of benzene rings is 1. The third-order valence-electron chi connectivity index (χ3n) is 5.04. The van der Waals surface area contributed by atoms with Crippen molar-refractivity contribution in [1.82, 2.24) is 9.88 Å². The van der Waals surface area contributed by atoms with Crippen molar-refractivity contribution in [3.8, 4) is 5.75 Å². The van der Waals surface area contributed by atoms with E-state index in [2.05, 4.69) is 33.0 Å². The SMILES string of the molecule is Nc1cccc(CN2CCC(Oc3cccnc3N3CCCC3)C2)c1. The van der Waals surface area contributed by atoms with Gasteiger partial charge >= 0.3 is 0 Å². The third-order valence-corrected chi connectivity index (χ3v) is 5.04. The predicted octanol–water partition coefficient (Wildman–Crippen LogP) is 2.92. The summed E-state index contributed by atoms with van der Waals surface area (Å²) in [5, 5.41) is 0. The van der Waals surface area contributed by atoms with Crippen molar-refractivity contribution in [3.63, 3.8) is 0 Å². The number of hydrogen-bond donors (Lipinski definition) is 1. The van der Waals surface area contributed by atoms with E-state index in [9.17, 15) is 0 Å². The van der Waals surface area contributed by atoms with Gasteiger partial charge in [-0.3, -0.25) is 4.90 Å². The molecule has 132 valence electrons. The molecule has 0 saturated carbocycles. The van der Waals surface area contributed by atoms with Crippen LogP contribution in [0.15, 0.2) is 42.6 Å². The highest BCUT2D eigenvalue weighted by Crippen LogP contribution is 2.30. The number of nitrogen functional groups attached to an aromatic ring is 1. The van der Waals surface area contributed by atoms with Gasteiger partial charge in [0.25, 0.3) is 0 Å². The molecule has 2 N–H and O–H groups in total. The van der Waals surface area contributed by atoms with Crippen molar-refractivity contribution in [2.24, 2.45) is 0 Å². The third kappa shape index (κ3) is 3.87. The summed E-state index contributed by atoms with van der Waals surface area (Å²) in [5.41, 5.74) is 7.98. The molecule has 2 fully saturated rings. The molecule has 3 heterocycles. The van der Waals surface area contributed by atoms with Crippen LogP contribution in [-0.2, 0) is 6.54 Å². The van der Waals surface area contributed by atoms with Crippen molar-refractivity contribution >= 4 is 11.5 Å². The van der Waals surface area contributed by atoms with Crippen molar-refractivity contribution < 1.29 is 4.74 Å². The molecule has 0 amide bonds. The normalized spacial score (nSPS) is 21.0. The Kier molecular flexibility index (Phi) is 4.74. The molecule has 0 spiro atoms. The summed E-state index contributed by atoms with van der Waals surface area (Å²) in [6.07, 6.45) is 5.63. The molecule has 0 radical (unpaired) electrons. The molecule has 2 saturated heterocycles. The summed E-state index contributed by atoms with van der Waals surface area (Å²) in [7, 11) is 0. The number of hydrogen-bond acceptors (Lipinski definition) is 5. The molecule has 5 heteroatoms. The van der Waals surface area contributed by atoms with Crippen molar-refractivity contribution in [2.75, 3.05) is 36.8 Å². The molecule has 0 bridgehead atoms. The zero-order valence-corrected chi connectivity index (χ0v) is 14.6. The van der Waals surface area contributed by atoms with E-state index in [1.54, 1.807) is 0 Å². The molecular weight excluding hydrogens is 312 g/mol. The summed E-state index contributed by atoms with van der Waals surface area (Å²) in [6.45, 7) is 5.10. The zero-order chi connectivity index (χ0) is 17.1. The first-order valence-corrected chi connectivity index (χ1v) is 9.21. The predicted molar refractivity (Wildman–Crippen MR) is 101 cm³/mol. The number of pyridine rings is 1. The Bertz CT molecular complexity index is 714. The van der Waals surface area contributed by atoms with Crippen LogP contribution in [0.3, 0.4) is 0 Å². The molecule has 5 nitrogen and oxygen atoms in total. The number of nitrogens with two attached hydrogens (primary N) is 1.